The number of carbonyl (C=O) groups excluding carboxylic acids is 1. The standard InChI is InChI=1S/C17H24N4O/c22-17(18-10-14-11-21-8-6-12(14)7-9-21)20-16-5-4-13-2-1-3-15(13)19-16/h4-5,12,14H,1-3,6-11H2,(H2,18,19,20,22). The topological polar surface area (TPSA) is 57.3 Å². The Morgan fingerprint density at radius 3 is 2.91 bits per heavy atom. The molecule has 3 aliphatic heterocycles. The van der Waals surface area contributed by atoms with Crippen molar-refractivity contribution in [2.75, 3.05) is 31.5 Å². The lowest BCUT2D eigenvalue weighted by atomic mass is 9.79. The monoisotopic (exact) mass is 300 g/mol. The van der Waals surface area contributed by atoms with Gasteiger partial charge in [-0.25, -0.2) is 9.78 Å². The third-order valence-corrected chi connectivity index (χ3v) is 5.49. The van der Waals surface area contributed by atoms with Crippen LogP contribution in [-0.4, -0.2) is 42.1 Å². The van der Waals surface area contributed by atoms with Crippen molar-refractivity contribution in [1.82, 2.24) is 15.2 Å². The molecule has 3 saturated heterocycles. The fraction of sp³-hybridized carbons (Fsp3) is 0.647. The number of hydrogen-bond donors (Lipinski definition) is 2. The van der Waals surface area contributed by atoms with Crippen molar-refractivity contribution in [2.45, 2.75) is 32.1 Å². The second kappa shape index (κ2) is 5.88. The van der Waals surface area contributed by atoms with Gasteiger partial charge >= 0.3 is 6.03 Å². The number of anilines is 1. The Morgan fingerprint density at radius 2 is 2.14 bits per heavy atom. The third-order valence-electron chi connectivity index (χ3n) is 5.49. The number of nitrogens with zero attached hydrogens (tertiary/aromatic N) is 2. The van der Waals surface area contributed by atoms with Gasteiger partial charge in [-0.3, -0.25) is 5.32 Å². The quantitative estimate of drug-likeness (QED) is 0.898. The van der Waals surface area contributed by atoms with Gasteiger partial charge in [-0.15, -0.1) is 0 Å². The zero-order valence-electron chi connectivity index (χ0n) is 13.0. The Morgan fingerprint density at radius 1 is 1.27 bits per heavy atom. The molecule has 5 rings (SSSR count). The van der Waals surface area contributed by atoms with E-state index in [2.05, 4.69) is 26.6 Å². The molecule has 22 heavy (non-hydrogen) atoms. The Hall–Kier alpha value is -1.62. The van der Waals surface area contributed by atoms with Crippen LogP contribution in [0.2, 0.25) is 0 Å². The minimum absolute atomic E-state index is 0.123. The highest BCUT2D eigenvalue weighted by molar-refractivity contribution is 5.88. The van der Waals surface area contributed by atoms with Crippen LogP contribution in [0.15, 0.2) is 12.1 Å². The zero-order valence-corrected chi connectivity index (χ0v) is 13.0. The molecule has 4 aliphatic rings. The number of aryl methyl sites for hydroxylation is 2. The molecule has 2 bridgehead atoms. The summed E-state index contributed by atoms with van der Waals surface area (Å²) < 4.78 is 0. The molecule has 3 fully saturated rings. The predicted molar refractivity (Wildman–Crippen MR) is 85.9 cm³/mol. The van der Waals surface area contributed by atoms with Crippen LogP contribution in [0.1, 0.15) is 30.5 Å². The van der Waals surface area contributed by atoms with E-state index in [-0.39, 0.29) is 6.03 Å². The summed E-state index contributed by atoms with van der Waals surface area (Å²) in [4.78, 5) is 19.2. The van der Waals surface area contributed by atoms with E-state index in [4.69, 9.17) is 0 Å². The molecule has 0 saturated carbocycles. The van der Waals surface area contributed by atoms with Crippen LogP contribution in [0.5, 0.6) is 0 Å². The van der Waals surface area contributed by atoms with Gasteiger partial charge in [0.2, 0.25) is 0 Å². The number of pyridine rings is 1. The molecule has 118 valence electrons. The lowest BCUT2D eigenvalue weighted by molar-refractivity contribution is 0.0525. The molecule has 1 aromatic heterocycles. The number of nitrogens with one attached hydrogen (secondary N) is 2. The largest absolute Gasteiger partial charge is 0.337 e. The first-order valence-electron chi connectivity index (χ1n) is 8.54. The van der Waals surface area contributed by atoms with Gasteiger partial charge in [0.25, 0.3) is 0 Å². The number of aromatic nitrogens is 1. The van der Waals surface area contributed by atoms with E-state index in [1.165, 1.54) is 37.9 Å². The number of rotatable bonds is 3. The molecule has 1 aliphatic carbocycles. The highest BCUT2D eigenvalue weighted by atomic mass is 16.2. The van der Waals surface area contributed by atoms with Crippen molar-refractivity contribution in [3.8, 4) is 0 Å². The molecule has 0 aromatic carbocycles. The van der Waals surface area contributed by atoms with Crippen LogP contribution in [-0.2, 0) is 12.8 Å². The molecular formula is C17H24N4O. The van der Waals surface area contributed by atoms with Gasteiger partial charge in [0, 0.05) is 18.8 Å². The van der Waals surface area contributed by atoms with Crippen molar-refractivity contribution in [3.05, 3.63) is 23.4 Å². The highest BCUT2D eigenvalue weighted by Gasteiger charge is 2.33. The van der Waals surface area contributed by atoms with Crippen LogP contribution in [0.25, 0.3) is 0 Å². The molecular weight excluding hydrogens is 276 g/mol. The molecule has 5 heteroatoms. The minimum Gasteiger partial charge on any atom is -0.337 e. The second-order valence-electron chi connectivity index (χ2n) is 6.89. The third kappa shape index (κ3) is 2.82. The van der Waals surface area contributed by atoms with E-state index < -0.39 is 0 Å². The Kier molecular flexibility index (Phi) is 3.74. The van der Waals surface area contributed by atoms with Crippen molar-refractivity contribution >= 4 is 11.8 Å². The molecule has 1 unspecified atom stereocenters. The number of amides is 2. The van der Waals surface area contributed by atoms with E-state index in [9.17, 15) is 4.79 Å². The van der Waals surface area contributed by atoms with Crippen LogP contribution in [0.4, 0.5) is 10.6 Å². The van der Waals surface area contributed by atoms with Gasteiger partial charge in [-0.2, -0.15) is 0 Å². The Labute approximate surface area is 131 Å². The van der Waals surface area contributed by atoms with E-state index in [1.807, 2.05) is 6.07 Å². The average Bonchev–Trinajstić information content (AvgIpc) is 3.02. The minimum atomic E-state index is -0.123. The van der Waals surface area contributed by atoms with Crippen LogP contribution >= 0.6 is 0 Å². The first kappa shape index (κ1) is 14.0. The summed E-state index contributed by atoms with van der Waals surface area (Å²) in [5, 5.41) is 5.92. The highest BCUT2D eigenvalue weighted by Crippen LogP contribution is 2.31. The molecule has 2 amide bonds. The molecule has 1 atom stereocenters. The molecule has 5 nitrogen and oxygen atoms in total. The lowest BCUT2D eigenvalue weighted by Crippen LogP contribution is -2.51. The first-order chi connectivity index (χ1) is 10.8. The maximum absolute atomic E-state index is 12.1. The van der Waals surface area contributed by atoms with Gasteiger partial charge in [0.1, 0.15) is 5.82 Å². The summed E-state index contributed by atoms with van der Waals surface area (Å²) in [5.41, 5.74) is 2.48. The van der Waals surface area contributed by atoms with Crippen LogP contribution in [0, 0.1) is 11.8 Å². The van der Waals surface area contributed by atoms with E-state index in [0.29, 0.717) is 11.7 Å². The number of hydrogen-bond acceptors (Lipinski definition) is 3. The van der Waals surface area contributed by atoms with Gasteiger partial charge < -0.3 is 10.2 Å². The summed E-state index contributed by atoms with van der Waals surface area (Å²) in [6.07, 6.45) is 5.92. The van der Waals surface area contributed by atoms with Crippen LogP contribution < -0.4 is 10.6 Å². The molecule has 2 N–H and O–H groups in total. The predicted octanol–water partition coefficient (Wildman–Crippen LogP) is 2.03. The fourth-order valence-corrected chi connectivity index (χ4v) is 4.19. The summed E-state index contributed by atoms with van der Waals surface area (Å²) in [5.74, 6) is 2.08. The Balaban J connectivity index is 1.29. The van der Waals surface area contributed by atoms with Gasteiger partial charge in [-0.05, 0) is 68.7 Å². The van der Waals surface area contributed by atoms with Crippen LogP contribution in [0.3, 0.4) is 0 Å². The number of fused-ring (bicyclic) bond motifs is 4. The van der Waals surface area contributed by atoms with Crippen molar-refractivity contribution < 1.29 is 4.79 Å². The van der Waals surface area contributed by atoms with E-state index >= 15 is 0 Å². The van der Waals surface area contributed by atoms with Crippen molar-refractivity contribution in [2.24, 2.45) is 11.8 Å². The SMILES string of the molecule is O=C(NCC1CN2CCC1CC2)Nc1ccc2c(n1)CCC2. The number of carbonyl (C=O) groups is 1. The van der Waals surface area contributed by atoms with Crippen molar-refractivity contribution in [3.63, 3.8) is 0 Å². The zero-order chi connectivity index (χ0) is 14.9. The Bertz CT molecular complexity index is 566. The summed E-state index contributed by atoms with van der Waals surface area (Å²) in [6.45, 7) is 4.40. The summed E-state index contributed by atoms with van der Waals surface area (Å²) in [6, 6.07) is 3.89. The van der Waals surface area contributed by atoms with Crippen molar-refractivity contribution in [1.29, 1.82) is 0 Å². The van der Waals surface area contributed by atoms with Gasteiger partial charge in [0.15, 0.2) is 0 Å². The normalized spacial score (nSPS) is 29.2. The molecule has 4 heterocycles. The first-order valence-corrected chi connectivity index (χ1v) is 8.54. The maximum atomic E-state index is 12.1. The number of piperidine rings is 3. The average molecular weight is 300 g/mol. The lowest BCUT2D eigenvalue weighted by Gasteiger charge is -2.44. The second-order valence-corrected chi connectivity index (χ2v) is 6.89. The smallest absolute Gasteiger partial charge is 0.320 e. The maximum Gasteiger partial charge on any atom is 0.320 e. The molecule has 0 spiro atoms. The van der Waals surface area contributed by atoms with E-state index in [0.717, 1.165) is 37.5 Å². The number of urea groups is 1. The van der Waals surface area contributed by atoms with Gasteiger partial charge in [-0.1, -0.05) is 6.07 Å². The molecule has 0 radical (unpaired) electrons. The molecule has 1 aromatic rings. The van der Waals surface area contributed by atoms with E-state index in [1.54, 1.807) is 0 Å². The van der Waals surface area contributed by atoms with Gasteiger partial charge in [0.05, 0.1) is 0 Å². The fourth-order valence-electron chi connectivity index (χ4n) is 4.19. The summed E-state index contributed by atoms with van der Waals surface area (Å²) in [7, 11) is 0. The summed E-state index contributed by atoms with van der Waals surface area (Å²) >= 11 is 0.